The van der Waals surface area contributed by atoms with Gasteiger partial charge in [-0.15, -0.1) is 0 Å². The molecule has 1 aliphatic rings. The van der Waals surface area contributed by atoms with E-state index in [0.29, 0.717) is 29.9 Å². The Hall–Kier alpha value is -2.71. The van der Waals surface area contributed by atoms with Crippen molar-refractivity contribution in [2.45, 2.75) is 13.3 Å². The molecule has 2 unspecified atom stereocenters. The Morgan fingerprint density at radius 3 is 2.92 bits per heavy atom. The van der Waals surface area contributed by atoms with Crippen molar-refractivity contribution in [3.63, 3.8) is 0 Å². The van der Waals surface area contributed by atoms with Crippen LogP contribution < -0.4 is 4.90 Å². The van der Waals surface area contributed by atoms with Gasteiger partial charge in [0.25, 0.3) is 0 Å². The molecule has 2 N–H and O–H groups in total. The number of imidazole rings is 1. The number of hydrogen-bond acceptors (Lipinski definition) is 6. The van der Waals surface area contributed by atoms with Gasteiger partial charge in [-0.05, 0) is 12.3 Å². The first-order valence-electron chi connectivity index (χ1n) is 7.81. The Balaban J connectivity index is 1.72. The lowest BCUT2D eigenvalue weighted by Crippen LogP contribution is -2.48. The lowest BCUT2D eigenvalue weighted by atomic mass is 9.90. The molecule has 0 aromatic carbocycles. The zero-order valence-electron chi connectivity index (χ0n) is 13.6. The summed E-state index contributed by atoms with van der Waals surface area (Å²) in [6.07, 6.45) is 3.54. The number of fused-ring (bicyclic) bond motifs is 1. The van der Waals surface area contributed by atoms with E-state index < -0.39 is 11.9 Å². The number of amides is 1. The molecule has 1 amide bonds. The smallest absolute Gasteiger partial charge is 0.308 e. The van der Waals surface area contributed by atoms with Gasteiger partial charge in [0.05, 0.1) is 18.8 Å². The first-order chi connectivity index (χ1) is 11.5. The predicted molar refractivity (Wildman–Crippen MR) is 86.4 cm³/mol. The molecule has 2 aromatic heterocycles. The molecule has 0 spiro atoms. The number of anilines is 1. The fourth-order valence-corrected chi connectivity index (χ4v) is 3.15. The summed E-state index contributed by atoms with van der Waals surface area (Å²) in [5.41, 5.74) is 1.21. The molecule has 3 rings (SSSR count). The van der Waals surface area contributed by atoms with E-state index in [9.17, 15) is 14.7 Å². The van der Waals surface area contributed by atoms with Crippen molar-refractivity contribution < 1.29 is 14.7 Å². The number of aromatic amines is 1. The molecule has 1 aliphatic heterocycles. The summed E-state index contributed by atoms with van der Waals surface area (Å²) in [6.45, 7) is 2.93. The molecule has 1 saturated heterocycles. The maximum absolute atomic E-state index is 12.6. The number of aromatic nitrogens is 4. The van der Waals surface area contributed by atoms with E-state index in [1.165, 1.54) is 12.7 Å². The second-order valence-electron chi connectivity index (χ2n) is 6.33. The Bertz CT molecular complexity index is 761. The van der Waals surface area contributed by atoms with Crippen molar-refractivity contribution in [3.05, 3.63) is 12.7 Å². The van der Waals surface area contributed by atoms with E-state index in [-0.39, 0.29) is 24.9 Å². The highest BCUT2D eigenvalue weighted by atomic mass is 16.4. The SMILES string of the molecule is CC1CC(C(=O)O)CN(C(=O)CN(C)c2ncnc3nc[nH]c23)C1. The van der Waals surface area contributed by atoms with Crippen LogP contribution in [0.4, 0.5) is 5.82 Å². The average Bonchev–Trinajstić information content (AvgIpc) is 3.02. The average molecular weight is 332 g/mol. The highest BCUT2D eigenvalue weighted by molar-refractivity contribution is 5.87. The highest BCUT2D eigenvalue weighted by Crippen LogP contribution is 2.23. The largest absolute Gasteiger partial charge is 0.481 e. The Morgan fingerprint density at radius 1 is 1.38 bits per heavy atom. The normalized spacial score (nSPS) is 21.0. The minimum atomic E-state index is -0.845. The van der Waals surface area contributed by atoms with Crippen molar-refractivity contribution in [3.8, 4) is 0 Å². The molecule has 0 aliphatic carbocycles. The molecule has 9 heteroatoms. The van der Waals surface area contributed by atoms with Gasteiger partial charge < -0.3 is 19.9 Å². The van der Waals surface area contributed by atoms with Crippen LogP contribution in [0.15, 0.2) is 12.7 Å². The zero-order chi connectivity index (χ0) is 17.3. The molecule has 24 heavy (non-hydrogen) atoms. The van der Waals surface area contributed by atoms with Gasteiger partial charge in [-0.1, -0.05) is 6.92 Å². The van der Waals surface area contributed by atoms with Gasteiger partial charge in [-0.2, -0.15) is 0 Å². The minimum absolute atomic E-state index is 0.110. The third kappa shape index (κ3) is 3.15. The number of hydrogen-bond donors (Lipinski definition) is 2. The summed E-state index contributed by atoms with van der Waals surface area (Å²) < 4.78 is 0. The van der Waals surface area contributed by atoms with Crippen LogP contribution in [0.25, 0.3) is 11.2 Å². The molecular formula is C15H20N6O3. The maximum Gasteiger partial charge on any atom is 0.308 e. The second-order valence-corrected chi connectivity index (χ2v) is 6.33. The lowest BCUT2D eigenvalue weighted by Gasteiger charge is -2.35. The van der Waals surface area contributed by atoms with Crippen LogP contribution in [0.2, 0.25) is 0 Å². The molecule has 1 fully saturated rings. The molecule has 0 saturated carbocycles. The first kappa shape index (κ1) is 16.2. The predicted octanol–water partition coefficient (Wildman–Crippen LogP) is 0.358. The number of aliphatic carboxylic acids is 1. The van der Waals surface area contributed by atoms with Gasteiger partial charge in [0, 0.05) is 20.1 Å². The van der Waals surface area contributed by atoms with Gasteiger partial charge >= 0.3 is 5.97 Å². The van der Waals surface area contributed by atoms with Crippen molar-refractivity contribution in [2.75, 3.05) is 31.6 Å². The van der Waals surface area contributed by atoms with Crippen molar-refractivity contribution in [2.24, 2.45) is 11.8 Å². The van der Waals surface area contributed by atoms with E-state index in [2.05, 4.69) is 19.9 Å². The van der Waals surface area contributed by atoms with Crippen LogP contribution in [-0.4, -0.2) is 68.5 Å². The number of carboxylic acid groups (broad SMARTS) is 1. The maximum atomic E-state index is 12.6. The third-order valence-corrected chi connectivity index (χ3v) is 4.30. The van der Waals surface area contributed by atoms with E-state index in [1.807, 2.05) is 6.92 Å². The second kappa shape index (κ2) is 6.42. The van der Waals surface area contributed by atoms with Crippen LogP contribution in [0.3, 0.4) is 0 Å². The molecular weight excluding hydrogens is 312 g/mol. The van der Waals surface area contributed by atoms with Crippen LogP contribution >= 0.6 is 0 Å². The summed E-state index contributed by atoms with van der Waals surface area (Å²) >= 11 is 0. The lowest BCUT2D eigenvalue weighted by molar-refractivity contribution is -0.146. The molecule has 3 heterocycles. The number of likely N-dealkylation sites (N-methyl/N-ethyl adjacent to an activating group) is 1. The summed E-state index contributed by atoms with van der Waals surface area (Å²) in [4.78, 5) is 42.5. The quantitative estimate of drug-likeness (QED) is 0.830. The van der Waals surface area contributed by atoms with Crippen LogP contribution in [-0.2, 0) is 9.59 Å². The summed E-state index contributed by atoms with van der Waals surface area (Å²) in [7, 11) is 1.77. The number of nitrogens with zero attached hydrogens (tertiary/aromatic N) is 5. The summed E-state index contributed by atoms with van der Waals surface area (Å²) in [6, 6.07) is 0. The van der Waals surface area contributed by atoms with Gasteiger partial charge in [0.1, 0.15) is 11.8 Å². The van der Waals surface area contributed by atoms with Crippen molar-refractivity contribution in [1.29, 1.82) is 0 Å². The number of H-pyrrole nitrogens is 1. The fraction of sp³-hybridized carbons (Fsp3) is 0.533. The van der Waals surface area contributed by atoms with E-state index >= 15 is 0 Å². The van der Waals surface area contributed by atoms with E-state index in [1.54, 1.807) is 16.8 Å². The topological polar surface area (TPSA) is 115 Å². The summed E-state index contributed by atoms with van der Waals surface area (Å²) in [5, 5.41) is 9.23. The number of carboxylic acids is 1. The number of nitrogens with one attached hydrogen (secondary N) is 1. The van der Waals surface area contributed by atoms with Crippen LogP contribution in [0, 0.1) is 11.8 Å². The van der Waals surface area contributed by atoms with Gasteiger partial charge in [-0.3, -0.25) is 9.59 Å². The van der Waals surface area contributed by atoms with Gasteiger partial charge in [-0.25, -0.2) is 15.0 Å². The van der Waals surface area contributed by atoms with Gasteiger partial charge in [0.2, 0.25) is 5.91 Å². The van der Waals surface area contributed by atoms with Crippen LogP contribution in [0.5, 0.6) is 0 Å². The molecule has 128 valence electrons. The molecule has 2 atom stereocenters. The number of likely N-dealkylation sites (tertiary alicyclic amines) is 1. The fourth-order valence-electron chi connectivity index (χ4n) is 3.15. The highest BCUT2D eigenvalue weighted by Gasteiger charge is 2.32. The van der Waals surface area contributed by atoms with Gasteiger partial charge in [0.15, 0.2) is 11.5 Å². The molecule has 9 nitrogen and oxygen atoms in total. The van der Waals surface area contributed by atoms with Crippen LogP contribution in [0.1, 0.15) is 13.3 Å². The standard InChI is InChI=1S/C15H20N6O3/c1-9-3-10(15(23)24)5-21(4-9)11(22)6-20(2)14-12-13(17-7-16-12)18-8-19-14/h7-10H,3-6H2,1-2H3,(H,23,24)(H,16,17,18,19). The zero-order valence-corrected chi connectivity index (χ0v) is 13.6. The third-order valence-electron chi connectivity index (χ3n) is 4.30. The number of carbonyl (C=O) groups excluding carboxylic acids is 1. The Labute approximate surface area is 138 Å². The Morgan fingerprint density at radius 2 is 2.17 bits per heavy atom. The molecule has 0 radical (unpaired) electrons. The monoisotopic (exact) mass is 332 g/mol. The van der Waals surface area contributed by atoms with E-state index in [0.717, 1.165) is 0 Å². The summed E-state index contributed by atoms with van der Waals surface area (Å²) in [5.74, 6) is -0.691. The van der Waals surface area contributed by atoms with Crippen molar-refractivity contribution in [1.82, 2.24) is 24.8 Å². The Kier molecular flexibility index (Phi) is 4.32. The van der Waals surface area contributed by atoms with E-state index in [4.69, 9.17) is 0 Å². The number of rotatable bonds is 4. The van der Waals surface area contributed by atoms with Crippen molar-refractivity contribution >= 4 is 28.9 Å². The minimum Gasteiger partial charge on any atom is -0.481 e. The molecule has 0 bridgehead atoms. The molecule has 2 aromatic rings. The number of carbonyl (C=O) groups is 2. The number of piperidine rings is 1. The first-order valence-corrected chi connectivity index (χ1v) is 7.81.